The number of hydrogen-bond donors (Lipinski definition) is 1. The molecule has 1 amide bonds. The van der Waals surface area contributed by atoms with E-state index >= 15 is 0 Å². The third-order valence-corrected chi connectivity index (χ3v) is 6.33. The molecule has 2 atom stereocenters. The molecule has 1 saturated carbocycles. The molecule has 2 aromatic carbocycles. The minimum atomic E-state index is -0.407. The molecule has 0 saturated heterocycles. The minimum Gasteiger partial charge on any atom is -0.455 e. The van der Waals surface area contributed by atoms with Gasteiger partial charge in [-0.3, -0.25) is 9.59 Å². The number of thioether (sulfide) groups is 1. The van der Waals surface area contributed by atoms with Crippen molar-refractivity contribution in [3.8, 4) is 0 Å². The summed E-state index contributed by atoms with van der Waals surface area (Å²) in [6, 6.07) is 11.8. The molecule has 144 valence electrons. The molecule has 0 spiro atoms. The average Bonchev–Trinajstić information content (AvgIpc) is 2.66. The molecule has 1 fully saturated rings. The Morgan fingerprint density at radius 2 is 1.93 bits per heavy atom. The maximum Gasteiger partial charge on any atom is 0.316 e. The van der Waals surface area contributed by atoms with Crippen molar-refractivity contribution in [2.75, 3.05) is 12.4 Å². The van der Waals surface area contributed by atoms with Crippen LogP contribution in [0.2, 0.25) is 5.02 Å². The molecule has 0 bridgehead atoms. The smallest absolute Gasteiger partial charge is 0.316 e. The number of benzene rings is 2. The van der Waals surface area contributed by atoms with E-state index < -0.39 is 5.97 Å². The van der Waals surface area contributed by atoms with Gasteiger partial charge < -0.3 is 10.1 Å². The van der Waals surface area contributed by atoms with Gasteiger partial charge in [0.25, 0.3) is 5.91 Å². The summed E-state index contributed by atoms with van der Waals surface area (Å²) in [5, 5.41) is 5.61. The second-order valence-electron chi connectivity index (χ2n) is 6.98. The number of carbonyl (C=O) groups is 2. The van der Waals surface area contributed by atoms with Crippen LogP contribution in [0.25, 0.3) is 10.8 Å². The van der Waals surface area contributed by atoms with Crippen LogP contribution in [-0.2, 0) is 14.3 Å². The summed E-state index contributed by atoms with van der Waals surface area (Å²) in [5.74, 6) is -0.0152. The van der Waals surface area contributed by atoms with Crippen molar-refractivity contribution in [2.24, 2.45) is 5.92 Å². The second kappa shape index (κ2) is 9.47. The zero-order valence-electron chi connectivity index (χ0n) is 15.4. The topological polar surface area (TPSA) is 55.4 Å². The number of esters is 1. The quantitative estimate of drug-likeness (QED) is 0.552. The molecule has 1 aliphatic carbocycles. The highest BCUT2D eigenvalue weighted by Crippen LogP contribution is 2.33. The number of halogens is 1. The highest BCUT2D eigenvalue weighted by atomic mass is 35.5. The maximum absolute atomic E-state index is 12.0. The predicted molar refractivity (Wildman–Crippen MR) is 110 cm³/mol. The first-order valence-corrected chi connectivity index (χ1v) is 10.7. The van der Waals surface area contributed by atoms with E-state index in [2.05, 4.69) is 12.2 Å². The van der Waals surface area contributed by atoms with E-state index in [1.807, 2.05) is 36.4 Å². The van der Waals surface area contributed by atoms with E-state index in [4.69, 9.17) is 16.3 Å². The Bertz CT molecular complexity index is 821. The van der Waals surface area contributed by atoms with E-state index in [-0.39, 0.29) is 24.3 Å². The maximum atomic E-state index is 12.0. The number of amides is 1. The summed E-state index contributed by atoms with van der Waals surface area (Å²) >= 11 is 7.67. The van der Waals surface area contributed by atoms with Crippen molar-refractivity contribution in [2.45, 2.75) is 43.5 Å². The van der Waals surface area contributed by atoms with Crippen LogP contribution in [-0.4, -0.2) is 30.3 Å². The van der Waals surface area contributed by atoms with E-state index in [9.17, 15) is 9.59 Å². The standard InChI is InChI=1S/C21H24ClNO3S/c1-14-6-2-3-10-17(14)23-19(24)12-26-20(25)13-27-18-11-5-8-15-7-4-9-16(22)21(15)18/h4-5,7-9,11,14,17H,2-3,6,10,12-13H2,1H3,(H,23,24)/t14-,17+/m1/s1. The van der Waals surface area contributed by atoms with Gasteiger partial charge in [-0.2, -0.15) is 0 Å². The Morgan fingerprint density at radius 1 is 1.19 bits per heavy atom. The first-order valence-electron chi connectivity index (χ1n) is 9.29. The van der Waals surface area contributed by atoms with Gasteiger partial charge in [0.1, 0.15) is 0 Å². The summed E-state index contributed by atoms with van der Waals surface area (Å²) in [4.78, 5) is 25.0. The number of rotatable bonds is 6. The van der Waals surface area contributed by atoms with E-state index in [1.165, 1.54) is 18.2 Å². The molecule has 4 nitrogen and oxygen atoms in total. The van der Waals surface area contributed by atoms with Crippen molar-refractivity contribution in [1.82, 2.24) is 5.32 Å². The van der Waals surface area contributed by atoms with Crippen molar-refractivity contribution in [3.63, 3.8) is 0 Å². The number of fused-ring (bicyclic) bond motifs is 1. The number of nitrogens with one attached hydrogen (secondary N) is 1. The molecule has 1 N–H and O–H groups in total. The minimum absolute atomic E-state index is 0.136. The monoisotopic (exact) mass is 405 g/mol. The molecular formula is C21H24ClNO3S. The molecule has 0 aliphatic heterocycles. The molecule has 27 heavy (non-hydrogen) atoms. The van der Waals surface area contributed by atoms with Crippen LogP contribution >= 0.6 is 23.4 Å². The molecule has 0 aromatic heterocycles. The fraction of sp³-hybridized carbons (Fsp3) is 0.429. The summed E-state index contributed by atoms with van der Waals surface area (Å²) < 4.78 is 5.14. The van der Waals surface area contributed by atoms with E-state index in [0.29, 0.717) is 10.9 Å². The van der Waals surface area contributed by atoms with Crippen LogP contribution in [0.15, 0.2) is 41.3 Å². The average molecular weight is 406 g/mol. The first-order chi connectivity index (χ1) is 13.0. The normalized spacial score (nSPS) is 19.6. The first kappa shape index (κ1) is 20.0. The van der Waals surface area contributed by atoms with Crippen LogP contribution in [0.1, 0.15) is 32.6 Å². The van der Waals surface area contributed by atoms with Crippen LogP contribution in [0.5, 0.6) is 0 Å². The van der Waals surface area contributed by atoms with Crippen LogP contribution in [0, 0.1) is 5.92 Å². The molecule has 6 heteroatoms. The van der Waals surface area contributed by atoms with Crippen molar-refractivity contribution in [3.05, 3.63) is 41.4 Å². The Labute approximate surface area is 169 Å². The summed E-state index contributed by atoms with van der Waals surface area (Å²) in [6.45, 7) is 1.93. The van der Waals surface area contributed by atoms with Gasteiger partial charge in [0.15, 0.2) is 6.61 Å². The third-order valence-electron chi connectivity index (χ3n) is 4.98. The fourth-order valence-electron chi connectivity index (χ4n) is 3.49. The van der Waals surface area contributed by atoms with Gasteiger partial charge in [-0.1, -0.05) is 55.6 Å². The van der Waals surface area contributed by atoms with Crippen LogP contribution < -0.4 is 5.32 Å². The molecular weight excluding hydrogens is 382 g/mol. The lowest BCUT2D eigenvalue weighted by Crippen LogP contribution is -2.43. The summed E-state index contributed by atoms with van der Waals surface area (Å²) in [7, 11) is 0. The summed E-state index contributed by atoms with van der Waals surface area (Å²) in [6.07, 6.45) is 4.49. The zero-order chi connectivity index (χ0) is 19.2. The Hall–Kier alpha value is -1.72. The molecule has 0 unspecified atom stereocenters. The highest BCUT2D eigenvalue weighted by Gasteiger charge is 2.23. The number of ether oxygens (including phenoxy) is 1. The molecule has 3 rings (SSSR count). The van der Waals surface area contributed by atoms with Crippen LogP contribution in [0.3, 0.4) is 0 Å². The van der Waals surface area contributed by atoms with Crippen molar-refractivity contribution < 1.29 is 14.3 Å². The molecule has 2 aromatic rings. The van der Waals surface area contributed by atoms with E-state index in [1.54, 1.807) is 0 Å². The van der Waals surface area contributed by atoms with Gasteiger partial charge in [0, 0.05) is 21.3 Å². The van der Waals surface area contributed by atoms with Gasteiger partial charge in [-0.25, -0.2) is 0 Å². The van der Waals surface area contributed by atoms with Crippen molar-refractivity contribution in [1.29, 1.82) is 0 Å². The molecule has 0 heterocycles. The Kier molecular flexibility index (Phi) is 7.02. The third kappa shape index (κ3) is 5.39. The van der Waals surface area contributed by atoms with E-state index in [0.717, 1.165) is 34.9 Å². The largest absolute Gasteiger partial charge is 0.455 e. The lowest BCUT2D eigenvalue weighted by molar-refractivity contribution is -0.146. The lowest BCUT2D eigenvalue weighted by atomic mass is 9.86. The molecule has 0 radical (unpaired) electrons. The fourth-order valence-corrected chi connectivity index (χ4v) is 4.73. The van der Waals surface area contributed by atoms with Gasteiger partial charge in [-0.05, 0) is 36.3 Å². The predicted octanol–water partition coefficient (Wildman–Crippen LogP) is 4.82. The van der Waals surface area contributed by atoms with Crippen LogP contribution in [0.4, 0.5) is 0 Å². The SMILES string of the molecule is C[C@@H]1CCCC[C@@H]1NC(=O)COC(=O)CSc1cccc2cccc(Cl)c12. The highest BCUT2D eigenvalue weighted by molar-refractivity contribution is 8.00. The molecule has 1 aliphatic rings. The van der Waals surface area contributed by atoms with Crippen molar-refractivity contribution >= 4 is 46.0 Å². The Morgan fingerprint density at radius 3 is 2.70 bits per heavy atom. The van der Waals surface area contributed by atoms with Gasteiger partial charge >= 0.3 is 5.97 Å². The number of carbonyl (C=O) groups excluding carboxylic acids is 2. The van der Waals surface area contributed by atoms with Gasteiger partial charge in [0.05, 0.1) is 5.75 Å². The van der Waals surface area contributed by atoms with Gasteiger partial charge in [0.2, 0.25) is 0 Å². The Balaban J connectivity index is 1.48. The number of hydrogen-bond acceptors (Lipinski definition) is 4. The summed E-state index contributed by atoms with van der Waals surface area (Å²) in [5.41, 5.74) is 0. The zero-order valence-corrected chi connectivity index (χ0v) is 16.9. The van der Waals surface area contributed by atoms with Gasteiger partial charge in [-0.15, -0.1) is 11.8 Å². The second-order valence-corrected chi connectivity index (χ2v) is 8.40. The lowest BCUT2D eigenvalue weighted by Gasteiger charge is -2.29.